The predicted octanol–water partition coefficient (Wildman–Crippen LogP) is 2.77. The van der Waals surface area contributed by atoms with Crippen molar-refractivity contribution in [2.75, 3.05) is 25.6 Å². The maximum Gasteiger partial charge on any atom is 0.0998 e. The number of nitriles is 1. The number of hydrogen-bond donors (Lipinski definition) is 1. The summed E-state index contributed by atoms with van der Waals surface area (Å²) in [6, 6.07) is 13.9. The third kappa shape index (κ3) is 2.38. The molecule has 2 aromatic carbocycles. The van der Waals surface area contributed by atoms with Gasteiger partial charge in [-0.3, -0.25) is 0 Å². The number of hydrogen-bond acceptors (Lipinski definition) is 3. The van der Waals surface area contributed by atoms with Gasteiger partial charge in [0, 0.05) is 30.1 Å². The van der Waals surface area contributed by atoms with Gasteiger partial charge in [-0.1, -0.05) is 24.3 Å². The first-order valence-electron chi connectivity index (χ1n) is 5.51. The molecule has 2 aromatic rings. The van der Waals surface area contributed by atoms with E-state index in [-0.39, 0.29) is 0 Å². The second-order valence-electron chi connectivity index (χ2n) is 3.74. The summed E-state index contributed by atoms with van der Waals surface area (Å²) in [6.45, 7) is 1.42. The Hall–Kier alpha value is -2.05. The van der Waals surface area contributed by atoms with Crippen molar-refractivity contribution < 1.29 is 4.74 Å². The Morgan fingerprint density at radius 2 is 1.94 bits per heavy atom. The zero-order chi connectivity index (χ0) is 12.1. The van der Waals surface area contributed by atoms with E-state index >= 15 is 0 Å². The molecule has 0 amide bonds. The fourth-order valence-electron chi connectivity index (χ4n) is 1.84. The number of nitrogens with zero attached hydrogens (tertiary/aromatic N) is 1. The van der Waals surface area contributed by atoms with Crippen LogP contribution in [0.1, 0.15) is 5.56 Å². The number of anilines is 1. The Bertz CT molecular complexity index is 558. The quantitative estimate of drug-likeness (QED) is 0.815. The fraction of sp³-hybridized carbons (Fsp3) is 0.214. The highest BCUT2D eigenvalue weighted by molar-refractivity contribution is 5.97. The van der Waals surface area contributed by atoms with Gasteiger partial charge >= 0.3 is 0 Å². The topological polar surface area (TPSA) is 45.0 Å². The summed E-state index contributed by atoms with van der Waals surface area (Å²) in [4.78, 5) is 0. The number of ether oxygens (including phenoxy) is 1. The zero-order valence-electron chi connectivity index (χ0n) is 9.73. The number of benzene rings is 2. The Labute approximate surface area is 101 Å². The molecule has 0 heterocycles. The number of fused-ring (bicyclic) bond motifs is 1. The molecule has 0 aromatic heterocycles. The van der Waals surface area contributed by atoms with Gasteiger partial charge < -0.3 is 10.1 Å². The molecule has 0 spiro atoms. The van der Waals surface area contributed by atoms with Gasteiger partial charge in [0.05, 0.1) is 18.2 Å². The molecule has 86 valence electrons. The molecule has 0 fully saturated rings. The highest BCUT2D eigenvalue weighted by Gasteiger charge is 2.04. The third-order valence-electron chi connectivity index (χ3n) is 2.67. The molecule has 17 heavy (non-hydrogen) atoms. The summed E-state index contributed by atoms with van der Waals surface area (Å²) in [5.41, 5.74) is 1.74. The summed E-state index contributed by atoms with van der Waals surface area (Å²) < 4.78 is 5.01. The Morgan fingerprint density at radius 3 is 2.65 bits per heavy atom. The number of rotatable bonds is 4. The highest BCUT2D eigenvalue weighted by Crippen LogP contribution is 2.26. The molecule has 0 aliphatic carbocycles. The summed E-state index contributed by atoms with van der Waals surface area (Å²) >= 11 is 0. The second-order valence-corrected chi connectivity index (χ2v) is 3.74. The fourth-order valence-corrected chi connectivity index (χ4v) is 1.84. The van der Waals surface area contributed by atoms with E-state index in [2.05, 4.69) is 11.4 Å². The minimum absolute atomic E-state index is 0.661. The molecule has 2 rings (SSSR count). The normalized spacial score (nSPS) is 10.1. The summed E-state index contributed by atoms with van der Waals surface area (Å²) in [5.74, 6) is 0. The van der Waals surface area contributed by atoms with Crippen molar-refractivity contribution in [2.45, 2.75) is 0 Å². The molecule has 0 saturated carbocycles. The van der Waals surface area contributed by atoms with E-state index in [1.54, 1.807) is 7.11 Å². The van der Waals surface area contributed by atoms with E-state index in [1.165, 1.54) is 0 Å². The predicted molar refractivity (Wildman–Crippen MR) is 69.0 cm³/mol. The molecular weight excluding hydrogens is 212 g/mol. The molecule has 3 nitrogen and oxygen atoms in total. The van der Waals surface area contributed by atoms with Gasteiger partial charge in [-0.2, -0.15) is 5.26 Å². The second kappa shape index (κ2) is 5.33. The van der Waals surface area contributed by atoms with Crippen molar-refractivity contribution in [1.82, 2.24) is 0 Å². The Balaban J connectivity index is 2.41. The van der Waals surface area contributed by atoms with Crippen molar-refractivity contribution >= 4 is 16.5 Å². The van der Waals surface area contributed by atoms with Crippen molar-refractivity contribution in [1.29, 1.82) is 5.26 Å². The lowest BCUT2D eigenvalue weighted by Gasteiger charge is -2.10. The van der Waals surface area contributed by atoms with Crippen LogP contribution in [0.5, 0.6) is 0 Å². The molecule has 0 bridgehead atoms. The van der Waals surface area contributed by atoms with E-state index in [4.69, 9.17) is 10.00 Å². The van der Waals surface area contributed by atoms with Crippen LogP contribution in [-0.2, 0) is 4.74 Å². The largest absolute Gasteiger partial charge is 0.383 e. The van der Waals surface area contributed by atoms with Crippen LogP contribution in [0, 0.1) is 11.3 Å². The maximum absolute atomic E-state index is 9.05. The molecule has 0 atom stereocenters. The average molecular weight is 226 g/mol. The highest BCUT2D eigenvalue weighted by atomic mass is 16.5. The van der Waals surface area contributed by atoms with Gasteiger partial charge in [0.25, 0.3) is 0 Å². The van der Waals surface area contributed by atoms with Crippen LogP contribution in [-0.4, -0.2) is 20.3 Å². The van der Waals surface area contributed by atoms with Crippen LogP contribution in [0.25, 0.3) is 10.8 Å². The first kappa shape index (κ1) is 11.4. The van der Waals surface area contributed by atoms with Crippen molar-refractivity contribution in [3.63, 3.8) is 0 Å². The van der Waals surface area contributed by atoms with Crippen LogP contribution in [0.15, 0.2) is 36.4 Å². The van der Waals surface area contributed by atoms with Crippen LogP contribution in [0.3, 0.4) is 0 Å². The van der Waals surface area contributed by atoms with Gasteiger partial charge in [0.15, 0.2) is 0 Å². The van der Waals surface area contributed by atoms with Gasteiger partial charge in [0.2, 0.25) is 0 Å². The minimum atomic E-state index is 0.661. The molecule has 3 heteroatoms. The zero-order valence-corrected chi connectivity index (χ0v) is 9.73. The van der Waals surface area contributed by atoms with E-state index in [0.29, 0.717) is 12.2 Å². The lowest BCUT2D eigenvalue weighted by atomic mass is 10.0. The maximum atomic E-state index is 9.05. The lowest BCUT2D eigenvalue weighted by Crippen LogP contribution is -2.07. The van der Waals surface area contributed by atoms with E-state index in [1.807, 2.05) is 36.4 Å². The van der Waals surface area contributed by atoms with E-state index in [0.717, 1.165) is 23.0 Å². The molecule has 0 radical (unpaired) electrons. The SMILES string of the molecule is COCCNc1ccc(C#N)c2ccccc12. The van der Waals surface area contributed by atoms with Crippen molar-refractivity contribution in [2.24, 2.45) is 0 Å². The van der Waals surface area contributed by atoms with E-state index in [9.17, 15) is 0 Å². The molecular formula is C14H14N2O. The summed E-state index contributed by atoms with van der Waals surface area (Å²) in [7, 11) is 1.68. The average Bonchev–Trinajstić information content (AvgIpc) is 2.39. The molecule has 0 unspecified atom stereocenters. The Kier molecular flexibility index (Phi) is 3.59. The number of nitrogens with one attached hydrogen (secondary N) is 1. The van der Waals surface area contributed by atoms with Gasteiger partial charge in [-0.05, 0) is 12.1 Å². The lowest BCUT2D eigenvalue weighted by molar-refractivity contribution is 0.211. The molecule has 0 aliphatic heterocycles. The molecule has 1 N–H and O–H groups in total. The first-order valence-corrected chi connectivity index (χ1v) is 5.51. The molecule has 0 saturated heterocycles. The Morgan fingerprint density at radius 1 is 1.18 bits per heavy atom. The number of methoxy groups -OCH3 is 1. The van der Waals surface area contributed by atoms with Crippen molar-refractivity contribution in [3.05, 3.63) is 42.0 Å². The van der Waals surface area contributed by atoms with Gasteiger partial charge in [0.1, 0.15) is 0 Å². The summed E-state index contributed by atoms with van der Waals surface area (Å²) in [6.07, 6.45) is 0. The van der Waals surface area contributed by atoms with Crippen LogP contribution in [0.2, 0.25) is 0 Å². The smallest absolute Gasteiger partial charge is 0.0998 e. The van der Waals surface area contributed by atoms with Crippen LogP contribution >= 0.6 is 0 Å². The minimum Gasteiger partial charge on any atom is -0.383 e. The van der Waals surface area contributed by atoms with Crippen molar-refractivity contribution in [3.8, 4) is 6.07 Å². The summed E-state index contributed by atoms with van der Waals surface area (Å²) in [5, 5.41) is 14.4. The van der Waals surface area contributed by atoms with Crippen LogP contribution in [0.4, 0.5) is 5.69 Å². The monoisotopic (exact) mass is 226 g/mol. The third-order valence-corrected chi connectivity index (χ3v) is 2.67. The van der Waals surface area contributed by atoms with E-state index < -0.39 is 0 Å². The van der Waals surface area contributed by atoms with Gasteiger partial charge in [-0.25, -0.2) is 0 Å². The van der Waals surface area contributed by atoms with Crippen LogP contribution < -0.4 is 5.32 Å². The standard InChI is InChI=1S/C14H14N2O/c1-17-9-8-16-14-7-6-11(10-15)12-4-2-3-5-13(12)14/h2-7,16H,8-9H2,1H3. The first-order chi connectivity index (χ1) is 8.36. The molecule has 0 aliphatic rings. The van der Waals surface area contributed by atoms with Gasteiger partial charge in [-0.15, -0.1) is 0 Å².